The average Bonchev–Trinajstić information content (AvgIpc) is 2.61. The third-order valence-electron chi connectivity index (χ3n) is 5.20. The highest BCUT2D eigenvalue weighted by Crippen LogP contribution is 2.26. The average molecular weight is 367 g/mol. The summed E-state index contributed by atoms with van der Waals surface area (Å²) >= 11 is 0. The van der Waals surface area contributed by atoms with E-state index < -0.39 is 6.03 Å². The molecule has 1 saturated carbocycles. The number of imide groups is 1. The number of carbonyl (C=O) groups is 3. The number of amides is 4. The third-order valence-corrected chi connectivity index (χ3v) is 5.20. The summed E-state index contributed by atoms with van der Waals surface area (Å²) < 4.78 is 0. The van der Waals surface area contributed by atoms with Gasteiger partial charge in [0.1, 0.15) is 0 Å². The molecule has 0 aromatic heterocycles. The molecule has 0 radical (unpaired) electrons. The Hall–Kier alpha value is -1.63. The van der Waals surface area contributed by atoms with E-state index in [-0.39, 0.29) is 18.4 Å². The standard InChI is InChI=1S/C19H34N4O3/c1-15(2)13-20-19(26)21-17(24)14-22-8-10-23(11-9-22)18(25)12-16-6-4-3-5-7-16/h15-16H,3-14H2,1-2H3,(H2,20,21,24,26). The molecule has 26 heavy (non-hydrogen) atoms. The van der Waals surface area contributed by atoms with Crippen LogP contribution in [-0.4, -0.2) is 66.9 Å². The molecular formula is C19H34N4O3. The van der Waals surface area contributed by atoms with Gasteiger partial charge >= 0.3 is 6.03 Å². The Morgan fingerprint density at radius 2 is 1.65 bits per heavy atom. The van der Waals surface area contributed by atoms with Gasteiger partial charge in [0, 0.05) is 39.1 Å². The Labute approximate surface area is 156 Å². The lowest BCUT2D eigenvalue weighted by Gasteiger charge is -2.35. The molecule has 0 aromatic carbocycles. The van der Waals surface area contributed by atoms with Crippen LogP contribution < -0.4 is 10.6 Å². The zero-order valence-electron chi connectivity index (χ0n) is 16.3. The van der Waals surface area contributed by atoms with Crippen molar-refractivity contribution in [3.8, 4) is 0 Å². The molecule has 2 rings (SSSR count). The van der Waals surface area contributed by atoms with E-state index in [4.69, 9.17) is 0 Å². The van der Waals surface area contributed by atoms with Crippen LogP contribution in [0.2, 0.25) is 0 Å². The summed E-state index contributed by atoms with van der Waals surface area (Å²) in [5.41, 5.74) is 0. The fraction of sp³-hybridized carbons (Fsp3) is 0.842. The van der Waals surface area contributed by atoms with Gasteiger partial charge in [0.05, 0.1) is 6.54 Å². The van der Waals surface area contributed by atoms with E-state index in [1.165, 1.54) is 32.1 Å². The van der Waals surface area contributed by atoms with Crippen molar-refractivity contribution in [3.05, 3.63) is 0 Å². The van der Waals surface area contributed by atoms with Crippen molar-refractivity contribution in [2.24, 2.45) is 11.8 Å². The normalized spacial score (nSPS) is 19.4. The molecule has 1 heterocycles. The number of urea groups is 1. The van der Waals surface area contributed by atoms with E-state index in [9.17, 15) is 14.4 Å². The zero-order chi connectivity index (χ0) is 18.9. The van der Waals surface area contributed by atoms with Gasteiger partial charge in [-0.3, -0.25) is 19.8 Å². The SMILES string of the molecule is CC(C)CNC(=O)NC(=O)CN1CCN(C(=O)CC2CCCCC2)CC1. The van der Waals surface area contributed by atoms with Gasteiger partial charge in [0.15, 0.2) is 0 Å². The van der Waals surface area contributed by atoms with Gasteiger partial charge in [-0.1, -0.05) is 33.1 Å². The van der Waals surface area contributed by atoms with Crippen LogP contribution in [0.4, 0.5) is 4.79 Å². The first-order valence-electron chi connectivity index (χ1n) is 10.0. The van der Waals surface area contributed by atoms with Gasteiger partial charge in [-0.05, 0) is 24.7 Å². The monoisotopic (exact) mass is 366 g/mol. The van der Waals surface area contributed by atoms with Gasteiger partial charge in [-0.25, -0.2) is 4.79 Å². The minimum absolute atomic E-state index is 0.194. The van der Waals surface area contributed by atoms with Crippen molar-refractivity contribution in [1.82, 2.24) is 20.4 Å². The van der Waals surface area contributed by atoms with Crippen molar-refractivity contribution in [2.45, 2.75) is 52.4 Å². The van der Waals surface area contributed by atoms with Crippen LogP contribution in [0.15, 0.2) is 0 Å². The Balaban J connectivity index is 1.63. The van der Waals surface area contributed by atoms with Gasteiger partial charge in [-0.15, -0.1) is 0 Å². The minimum Gasteiger partial charge on any atom is -0.340 e. The second-order valence-corrected chi connectivity index (χ2v) is 8.02. The van der Waals surface area contributed by atoms with Crippen LogP contribution in [0.1, 0.15) is 52.4 Å². The Kier molecular flexibility index (Phi) is 8.35. The van der Waals surface area contributed by atoms with Gasteiger partial charge in [0.25, 0.3) is 0 Å². The number of nitrogens with zero attached hydrogens (tertiary/aromatic N) is 2. The second-order valence-electron chi connectivity index (χ2n) is 8.02. The molecule has 1 aliphatic carbocycles. The molecule has 7 heteroatoms. The summed E-state index contributed by atoms with van der Waals surface area (Å²) in [6, 6.07) is -0.440. The smallest absolute Gasteiger partial charge is 0.321 e. The minimum atomic E-state index is -0.440. The van der Waals surface area contributed by atoms with E-state index in [1.807, 2.05) is 23.6 Å². The molecule has 0 spiro atoms. The highest BCUT2D eigenvalue weighted by molar-refractivity contribution is 5.95. The fourth-order valence-electron chi connectivity index (χ4n) is 3.63. The summed E-state index contributed by atoms with van der Waals surface area (Å²) in [5.74, 6) is 0.863. The molecule has 2 aliphatic rings. The molecule has 0 atom stereocenters. The van der Waals surface area contributed by atoms with E-state index in [0.717, 1.165) is 0 Å². The zero-order valence-corrected chi connectivity index (χ0v) is 16.3. The predicted molar refractivity (Wildman–Crippen MR) is 101 cm³/mol. The number of hydrogen-bond donors (Lipinski definition) is 2. The molecule has 1 aliphatic heterocycles. The van der Waals surface area contributed by atoms with E-state index in [1.54, 1.807) is 0 Å². The van der Waals surface area contributed by atoms with Crippen molar-refractivity contribution >= 4 is 17.8 Å². The van der Waals surface area contributed by atoms with E-state index in [0.29, 0.717) is 51.0 Å². The molecule has 1 saturated heterocycles. The molecular weight excluding hydrogens is 332 g/mol. The quantitative estimate of drug-likeness (QED) is 0.748. The largest absolute Gasteiger partial charge is 0.340 e. The number of rotatable bonds is 6. The molecule has 0 unspecified atom stereocenters. The second kappa shape index (κ2) is 10.5. The first kappa shape index (κ1) is 20.7. The van der Waals surface area contributed by atoms with E-state index in [2.05, 4.69) is 10.6 Å². The first-order valence-corrected chi connectivity index (χ1v) is 10.0. The highest BCUT2D eigenvalue weighted by Gasteiger charge is 2.25. The van der Waals surface area contributed by atoms with Gasteiger partial charge < -0.3 is 10.2 Å². The number of carbonyl (C=O) groups excluding carboxylic acids is 3. The lowest BCUT2D eigenvalue weighted by Crippen LogP contribution is -2.52. The van der Waals surface area contributed by atoms with Gasteiger partial charge in [0.2, 0.25) is 11.8 Å². The van der Waals surface area contributed by atoms with Crippen molar-refractivity contribution < 1.29 is 14.4 Å². The molecule has 4 amide bonds. The topological polar surface area (TPSA) is 81.8 Å². The number of piperazine rings is 1. The van der Waals surface area contributed by atoms with Gasteiger partial charge in [-0.2, -0.15) is 0 Å². The van der Waals surface area contributed by atoms with Crippen molar-refractivity contribution in [1.29, 1.82) is 0 Å². The molecule has 148 valence electrons. The summed E-state index contributed by atoms with van der Waals surface area (Å²) in [4.78, 5) is 39.9. The lowest BCUT2D eigenvalue weighted by atomic mass is 9.86. The first-order chi connectivity index (χ1) is 12.4. The van der Waals surface area contributed by atoms with Crippen LogP contribution >= 0.6 is 0 Å². The lowest BCUT2D eigenvalue weighted by molar-refractivity contribution is -0.134. The fourth-order valence-corrected chi connectivity index (χ4v) is 3.63. The maximum Gasteiger partial charge on any atom is 0.321 e. The summed E-state index contributed by atoms with van der Waals surface area (Å²) in [6.07, 6.45) is 6.87. The highest BCUT2D eigenvalue weighted by atomic mass is 16.2. The third kappa shape index (κ3) is 7.32. The molecule has 0 bridgehead atoms. The van der Waals surface area contributed by atoms with Crippen LogP contribution in [0, 0.1) is 11.8 Å². The summed E-state index contributed by atoms with van der Waals surface area (Å²) in [5, 5.41) is 5.03. The molecule has 2 fully saturated rings. The number of nitrogens with one attached hydrogen (secondary N) is 2. The molecule has 0 aromatic rings. The summed E-state index contributed by atoms with van der Waals surface area (Å²) in [7, 11) is 0. The Morgan fingerprint density at radius 1 is 1.00 bits per heavy atom. The van der Waals surface area contributed by atoms with Crippen molar-refractivity contribution in [3.63, 3.8) is 0 Å². The van der Waals surface area contributed by atoms with Crippen LogP contribution in [0.5, 0.6) is 0 Å². The van der Waals surface area contributed by atoms with Crippen molar-refractivity contribution in [2.75, 3.05) is 39.3 Å². The molecule has 7 nitrogen and oxygen atoms in total. The van der Waals surface area contributed by atoms with Crippen LogP contribution in [-0.2, 0) is 9.59 Å². The Bertz CT molecular complexity index is 481. The predicted octanol–water partition coefficient (Wildman–Crippen LogP) is 1.58. The maximum atomic E-state index is 12.4. The van der Waals surface area contributed by atoms with Crippen LogP contribution in [0.3, 0.4) is 0 Å². The summed E-state index contributed by atoms with van der Waals surface area (Å²) in [6.45, 7) is 7.42. The maximum absolute atomic E-state index is 12.4. The number of hydrogen-bond acceptors (Lipinski definition) is 4. The Morgan fingerprint density at radius 3 is 2.27 bits per heavy atom. The molecule has 2 N–H and O–H groups in total. The van der Waals surface area contributed by atoms with E-state index >= 15 is 0 Å². The van der Waals surface area contributed by atoms with Crippen LogP contribution in [0.25, 0.3) is 0 Å².